The number of carbonyl (C=O) groups is 1. The van der Waals surface area contributed by atoms with Gasteiger partial charge in [0.2, 0.25) is 5.91 Å². The van der Waals surface area contributed by atoms with Crippen LogP contribution in [-0.4, -0.2) is 30.5 Å². The minimum atomic E-state index is -0.163. The Hall–Kier alpha value is -2.08. The molecule has 5 nitrogen and oxygen atoms in total. The first-order valence-electron chi connectivity index (χ1n) is 9.43. The number of halogens is 1. The zero-order valence-electron chi connectivity index (χ0n) is 15.4. The van der Waals surface area contributed by atoms with E-state index in [1.807, 2.05) is 36.1 Å². The van der Waals surface area contributed by atoms with E-state index in [0.29, 0.717) is 30.5 Å². The molecule has 0 radical (unpaired) electrons. The molecule has 2 aromatic rings. The van der Waals surface area contributed by atoms with E-state index in [4.69, 9.17) is 16.3 Å². The average Bonchev–Trinajstić information content (AvgIpc) is 3.18. The molecule has 2 unspecified atom stereocenters. The summed E-state index contributed by atoms with van der Waals surface area (Å²) in [4.78, 5) is 15.2. The summed E-state index contributed by atoms with van der Waals surface area (Å²) in [5.41, 5.74) is 9.97. The molecule has 0 saturated carbocycles. The van der Waals surface area contributed by atoms with E-state index >= 15 is 0 Å². The lowest BCUT2D eigenvalue weighted by molar-refractivity contribution is -0.136. The topological polar surface area (TPSA) is 53.6 Å². The second kappa shape index (κ2) is 7.89. The van der Waals surface area contributed by atoms with Gasteiger partial charge in [0.25, 0.3) is 0 Å². The highest BCUT2D eigenvalue weighted by molar-refractivity contribution is 6.32. The summed E-state index contributed by atoms with van der Waals surface area (Å²) in [5.74, 6) is 0.686. The highest BCUT2D eigenvalue weighted by Crippen LogP contribution is 2.33. The van der Waals surface area contributed by atoms with Crippen LogP contribution in [0.3, 0.4) is 0 Å². The molecule has 0 aromatic heterocycles. The number of amides is 1. The minimum absolute atomic E-state index is 0.108. The number of nitrogens with zero attached hydrogens (tertiary/aromatic N) is 1. The molecule has 27 heavy (non-hydrogen) atoms. The average molecular weight is 386 g/mol. The Morgan fingerprint density at radius 1 is 1.26 bits per heavy atom. The molecule has 1 fully saturated rings. The molecule has 2 aromatic carbocycles. The van der Waals surface area contributed by atoms with Crippen molar-refractivity contribution in [3.8, 4) is 5.75 Å². The van der Waals surface area contributed by atoms with Crippen LogP contribution in [0.2, 0.25) is 5.02 Å². The first-order chi connectivity index (χ1) is 13.2. The molecule has 0 bridgehead atoms. The Morgan fingerprint density at radius 3 is 2.85 bits per heavy atom. The van der Waals surface area contributed by atoms with Crippen molar-refractivity contribution in [1.82, 2.24) is 15.8 Å². The number of fused-ring (bicyclic) bond motifs is 1. The molecule has 142 valence electrons. The van der Waals surface area contributed by atoms with Crippen LogP contribution >= 0.6 is 11.6 Å². The summed E-state index contributed by atoms with van der Waals surface area (Å²) in [6.07, 6.45) is 0.912. The fourth-order valence-electron chi connectivity index (χ4n) is 3.94. The summed E-state index contributed by atoms with van der Waals surface area (Å²) >= 11 is 6.35. The van der Waals surface area contributed by atoms with Gasteiger partial charge in [-0.25, -0.2) is 5.43 Å². The molecule has 1 saturated heterocycles. The Bertz CT molecular complexity index is 842. The second-order valence-corrected chi connectivity index (χ2v) is 7.42. The van der Waals surface area contributed by atoms with Crippen molar-refractivity contribution in [2.24, 2.45) is 5.92 Å². The van der Waals surface area contributed by atoms with E-state index in [9.17, 15) is 4.79 Å². The lowest BCUT2D eigenvalue weighted by Gasteiger charge is -2.32. The van der Waals surface area contributed by atoms with Crippen molar-refractivity contribution in [1.29, 1.82) is 0 Å². The van der Waals surface area contributed by atoms with Crippen LogP contribution in [0, 0.1) is 5.92 Å². The van der Waals surface area contributed by atoms with Gasteiger partial charge >= 0.3 is 0 Å². The number of hydrogen-bond acceptors (Lipinski definition) is 4. The molecule has 0 spiro atoms. The molecular formula is C21H24ClN3O2. The number of carbonyl (C=O) groups excluding carboxylic acids is 1. The van der Waals surface area contributed by atoms with Crippen LogP contribution in [0.25, 0.3) is 0 Å². The van der Waals surface area contributed by atoms with Crippen molar-refractivity contribution in [3.63, 3.8) is 0 Å². The van der Waals surface area contributed by atoms with E-state index in [0.717, 1.165) is 18.5 Å². The summed E-state index contributed by atoms with van der Waals surface area (Å²) in [5, 5.41) is 0.571. The number of benzene rings is 2. The Labute approximate surface area is 164 Å². The lowest BCUT2D eigenvalue weighted by atomic mass is 9.92. The third-order valence-electron chi connectivity index (χ3n) is 5.36. The van der Waals surface area contributed by atoms with Crippen LogP contribution < -0.4 is 15.6 Å². The molecule has 6 heteroatoms. The number of ether oxygens (including phenoxy) is 1. The highest BCUT2D eigenvalue weighted by Gasteiger charge is 2.37. The van der Waals surface area contributed by atoms with Gasteiger partial charge in [-0.1, -0.05) is 41.9 Å². The van der Waals surface area contributed by atoms with Crippen molar-refractivity contribution >= 4 is 17.5 Å². The first kappa shape index (κ1) is 18.3. The van der Waals surface area contributed by atoms with E-state index in [-0.39, 0.29) is 17.9 Å². The van der Waals surface area contributed by atoms with E-state index in [1.54, 1.807) is 0 Å². The van der Waals surface area contributed by atoms with Crippen LogP contribution in [0.15, 0.2) is 42.5 Å². The van der Waals surface area contributed by atoms with Crippen molar-refractivity contribution in [2.75, 3.05) is 19.7 Å². The smallest absolute Gasteiger partial charge is 0.229 e. The van der Waals surface area contributed by atoms with Gasteiger partial charge in [0, 0.05) is 19.6 Å². The van der Waals surface area contributed by atoms with Gasteiger partial charge in [0.1, 0.15) is 5.75 Å². The normalized spacial score (nSPS) is 21.8. The zero-order valence-corrected chi connectivity index (χ0v) is 16.1. The monoisotopic (exact) mass is 385 g/mol. The SMILES string of the molecule is CCOc1ccc(C2NNCC2C(=O)N2CCc3ccccc3C2)cc1Cl. The maximum absolute atomic E-state index is 13.2. The molecule has 2 heterocycles. The standard InChI is InChI=1S/C21H24ClN3O2/c1-2-27-19-8-7-15(11-18(19)22)20-17(12-23-24-20)21(26)25-10-9-14-5-3-4-6-16(14)13-25/h3-8,11,17,20,23-24H,2,9-10,12-13H2,1H3. The third-order valence-corrected chi connectivity index (χ3v) is 5.65. The summed E-state index contributed by atoms with van der Waals surface area (Å²) in [6, 6.07) is 14.0. The number of hydrogen-bond donors (Lipinski definition) is 2. The van der Waals surface area contributed by atoms with Crippen LogP contribution in [-0.2, 0) is 17.8 Å². The number of rotatable bonds is 4. The van der Waals surface area contributed by atoms with Crippen molar-refractivity contribution in [2.45, 2.75) is 25.9 Å². The second-order valence-electron chi connectivity index (χ2n) is 7.01. The first-order valence-corrected chi connectivity index (χ1v) is 9.81. The summed E-state index contributed by atoms with van der Waals surface area (Å²) in [7, 11) is 0. The van der Waals surface area contributed by atoms with Gasteiger partial charge in [-0.2, -0.15) is 0 Å². The van der Waals surface area contributed by atoms with Crippen LogP contribution in [0.4, 0.5) is 0 Å². The molecule has 2 aliphatic rings. The van der Waals surface area contributed by atoms with Crippen LogP contribution in [0.5, 0.6) is 5.75 Å². The molecule has 2 N–H and O–H groups in total. The van der Waals surface area contributed by atoms with E-state index in [2.05, 4.69) is 29.1 Å². The predicted molar refractivity (Wildman–Crippen MR) is 106 cm³/mol. The molecular weight excluding hydrogens is 362 g/mol. The Kier molecular flexibility index (Phi) is 5.34. The van der Waals surface area contributed by atoms with Gasteiger partial charge in [-0.05, 0) is 42.2 Å². The Balaban J connectivity index is 1.51. The maximum Gasteiger partial charge on any atom is 0.229 e. The molecule has 0 aliphatic carbocycles. The van der Waals surface area contributed by atoms with Gasteiger partial charge in [0.15, 0.2) is 0 Å². The van der Waals surface area contributed by atoms with Crippen molar-refractivity contribution < 1.29 is 9.53 Å². The predicted octanol–water partition coefficient (Wildman–Crippen LogP) is 3.09. The van der Waals surface area contributed by atoms with Crippen LogP contribution in [0.1, 0.15) is 29.7 Å². The fourth-order valence-corrected chi connectivity index (χ4v) is 4.19. The quantitative estimate of drug-likeness (QED) is 0.849. The molecule has 2 aliphatic heterocycles. The lowest BCUT2D eigenvalue weighted by Crippen LogP contribution is -2.42. The molecule has 2 atom stereocenters. The van der Waals surface area contributed by atoms with Crippen molar-refractivity contribution in [3.05, 3.63) is 64.2 Å². The molecule has 1 amide bonds. The summed E-state index contributed by atoms with van der Waals surface area (Å²) in [6.45, 7) is 4.55. The molecule has 4 rings (SSSR count). The van der Waals surface area contributed by atoms with E-state index in [1.165, 1.54) is 11.1 Å². The van der Waals surface area contributed by atoms with E-state index < -0.39 is 0 Å². The fraction of sp³-hybridized carbons (Fsp3) is 0.381. The third kappa shape index (κ3) is 3.68. The minimum Gasteiger partial charge on any atom is -0.492 e. The highest BCUT2D eigenvalue weighted by atomic mass is 35.5. The summed E-state index contributed by atoms with van der Waals surface area (Å²) < 4.78 is 5.51. The van der Waals surface area contributed by atoms with Gasteiger partial charge < -0.3 is 9.64 Å². The number of nitrogens with one attached hydrogen (secondary N) is 2. The van der Waals surface area contributed by atoms with Gasteiger partial charge in [-0.15, -0.1) is 0 Å². The van der Waals surface area contributed by atoms with Gasteiger partial charge in [-0.3, -0.25) is 10.2 Å². The number of hydrazine groups is 1. The largest absolute Gasteiger partial charge is 0.492 e. The Morgan fingerprint density at radius 2 is 2.07 bits per heavy atom. The zero-order chi connectivity index (χ0) is 18.8. The maximum atomic E-state index is 13.2. The van der Waals surface area contributed by atoms with Gasteiger partial charge in [0.05, 0.1) is 23.6 Å².